The van der Waals surface area contributed by atoms with Crippen molar-refractivity contribution in [1.29, 1.82) is 0 Å². The van der Waals surface area contributed by atoms with E-state index in [0.717, 1.165) is 13.1 Å². The van der Waals surface area contributed by atoms with E-state index < -0.39 is 0 Å². The van der Waals surface area contributed by atoms with E-state index in [0.29, 0.717) is 6.04 Å². The summed E-state index contributed by atoms with van der Waals surface area (Å²) in [6, 6.07) is 11.1. The Morgan fingerprint density at radius 2 is 2.05 bits per heavy atom. The van der Waals surface area contributed by atoms with Crippen molar-refractivity contribution in [2.45, 2.75) is 39.3 Å². The second kappa shape index (κ2) is 7.10. The molecule has 0 saturated heterocycles. The molecule has 3 nitrogen and oxygen atoms in total. The van der Waals surface area contributed by atoms with Gasteiger partial charge in [0, 0.05) is 18.8 Å². The third-order valence-electron chi connectivity index (χ3n) is 3.27. The van der Waals surface area contributed by atoms with Crippen molar-refractivity contribution in [3.05, 3.63) is 53.9 Å². The van der Waals surface area contributed by atoms with Crippen molar-refractivity contribution < 1.29 is 0 Å². The van der Waals surface area contributed by atoms with Crippen LogP contribution in [0.3, 0.4) is 0 Å². The molecular weight excluding hydrogens is 234 g/mol. The lowest BCUT2D eigenvalue weighted by Gasteiger charge is -2.18. The molecule has 0 saturated carbocycles. The highest BCUT2D eigenvalue weighted by Crippen LogP contribution is 2.17. The molecule has 1 unspecified atom stereocenters. The topological polar surface area (TPSA) is 29.9 Å². The SMILES string of the molecule is CCCC(NCCn1cc(C)cn1)c1ccccc1. The van der Waals surface area contributed by atoms with Gasteiger partial charge in [0.25, 0.3) is 0 Å². The number of nitrogens with zero attached hydrogens (tertiary/aromatic N) is 2. The summed E-state index contributed by atoms with van der Waals surface area (Å²) in [6.45, 7) is 6.16. The molecule has 0 aliphatic rings. The average molecular weight is 257 g/mol. The Morgan fingerprint density at radius 3 is 2.68 bits per heavy atom. The third kappa shape index (κ3) is 4.21. The van der Waals surface area contributed by atoms with Crippen molar-refractivity contribution in [1.82, 2.24) is 15.1 Å². The minimum atomic E-state index is 0.447. The van der Waals surface area contributed by atoms with Crippen LogP contribution in [0.2, 0.25) is 0 Å². The van der Waals surface area contributed by atoms with E-state index in [1.807, 2.05) is 10.9 Å². The second-order valence-electron chi connectivity index (χ2n) is 4.99. The molecule has 102 valence electrons. The molecule has 1 aromatic heterocycles. The van der Waals surface area contributed by atoms with Gasteiger partial charge in [-0.05, 0) is 24.5 Å². The van der Waals surface area contributed by atoms with Gasteiger partial charge in [-0.3, -0.25) is 4.68 Å². The Bertz CT molecular complexity index is 476. The Hall–Kier alpha value is -1.61. The highest BCUT2D eigenvalue weighted by molar-refractivity contribution is 5.18. The van der Waals surface area contributed by atoms with Gasteiger partial charge in [0.05, 0.1) is 12.7 Å². The Labute approximate surface area is 115 Å². The number of hydrogen-bond acceptors (Lipinski definition) is 2. The smallest absolute Gasteiger partial charge is 0.0534 e. The predicted octanol–water partition coefficient (Wildman–Crippen LogP) is 3.32. The quantitative estimate of drug-likeness (QED) is 0.824. The van der Waals surface area contributed by atoms with Gasteiger partial charge in [-0.25, -0.2) is 0 Å². The van der Waals surface area contributed by atoms with Crippen LogP contribution in [0.25, 0.3) is 0 Å². The largest absolute Gasteiger partial charge is 0.308 e. The molecule has 1 atom stereocenters. The van der Waals surface area contributed by atoms with Gasteiger partial charge in [0.15, 0.2) is 0 Å². The lowest BCUT2D eigenvalue weighted by molar-refractivity contribution is 0.461. The van der Waals surface area contributed by atoms with Gasteiger partial charge < -0.3 is 5.32 Å². The maximum atomic E-state index is 4.31. The van der Waals surface area contributed by atoms with Crippen LogP contribution in [0.1, 0.15) is 36.9 Å². The summed E-state index contributed by atoms with van der Waals surface area (Å²) >= 11 is 0. The van der Waals surface area contributed by atoms with Crippen LogP contribution >= 0.6 is 0 Å². The van der Waals surface area contributed by atoms with Crippen molar-refractivity contribution in [3.63, 3.8) is 0 Å². The van der Waals surface area contributed by atoms with Crippen LogP contribution in [0.15, 0.2) is 42.7 Å². The molecule has 0 fully saturated rings. The van der Waals surface area contributed by atoms with Crippen LogP contribution in [-0.4, -0.2) is 16.3 Å². The molecule has 19 heavy (non-hydrogen) atoms. The predicted molar refractivity (Wildman–Crippen MR) is 79.1 cm³/mol. The van der Waals surface area contributed by atoms with Crippen LogP contribution in [-0.2, 0) is 6.54 Å². The first kappa shape index (κ1) is 13.8. The normalized spacial score (nSPS) is 12.5. The van der Waals surface area contributed by atoms with Crippen LogP contribution in [0.5, 0.6) is 0 Å². The molecule has 1 heterocycles. The lowest BCUT2D eigenvalue weighted by Crippen LogP contribution is -2.25. The number of aryl methyl sites for hydroxylation is 1. The molecule has 0 spiro atoms. The zero-order chi connectivity index (χ0) is 13.5. The standard InChI is InChI=1S/C16H23N3/c1-3-7-16(15-8-5-4-6-9-15)17-10-11-19-13-14(2)12-18-19/h4-6,8-9,12-13,16-17H,3,7,10-11H2,1-2H3. The molecule has 0 aliphatic heterocycles. The van der Waals surface area contributed by atoms with E-state index in [1.54, 1.807) is 0 Å². The van der Waals surface area contributed by atoms with Gasteiger partial charge in [0.1, 0.15) is 0 Å². The summed E-state index contributed by atoms with van der Waals surface area (Å²) in [5.41, 5.74) is 2.59. The summed E-state index contributed by atoms with van der Waals surface area (Å²) in [6.07, 6.45) is 6.34. The monoisotopic (exact) mass is 257 g/mol. The highest BCUT2D eigenvalue weighted by atomic mass is 15.3. The number of aromatic nitrogens is 2. The van der Waals surface area contributed by atoms with Gasteiger partial charge in [-0.15, -0.1) is 0 Å². The first-order chi connectivity index (χ1) is 9.29. The highest BCUT2D eigenvalue weighted by Gasteiger charge is 2.08. The number of nitrogens with one attached hydrogen (secondary N) is 1. The molecule has 0 aliphatic carbocycles. The maximum absolute atomic E-state index is 4.31. The van der Waals surface area contributed by atoms with E-state index in [2.05, 4.69) is 60.8 Å². The van der Waals surface area contributed by atoms with Crippen molar-refractivity contribution in [2.75, 3.05) is 6.54 Å². The zero-order valence-corrected chi connectivity index (χ0v) is 11.8. The van der Waals surface area contributed by atoms with Crippen LogP contribution in [0, 0.1) is 6.92 Å². The minimum Gasteiger partial charge on any atom is -0.308 e. The van der Waals surface area contributed by atoms with E-state index in [1.165, 1.54) is 24.0 Å². The van der Waals surface area contributed by atoms with Crippen molar-refractivity contribution in [2.24, 2.45) is 0 Å². The van der Waals surface area contributed by atoms with Gasteiger partial charge >= 0.3 is 0 Å². The maximum Gasteiger partial charge on any atom is 0.0534 e. The van der Waals surface area contributed by atoms with E-state index in [-0.39, 0.29) is 0 Å². The molecule has 0 radical (unpaired) electrons. The van der Waals surface area contributed by atoms with E-state index in [4.69, 9.17) is 0 Å². The summed E-state index contributed by atoms with van der Waals surface area (Å²) in [7, 11) is 0. The van der Waals surface area contributed by atoms with E-state index >= 15 is 0 Å². The Balaban J connectivity index is 1.87. The fourth-order valence-corrected chi connectivity index (χ4v) is 2.30. The van der Waals surface area contributed by atoms with Crippen LogP contribution < -0.4 is 5.32 Å². The molecule has 2 rings (SSSR count). The van der Waals surface area contributed by atoms with Crippen molar-refractivity contribution in [3.8, 4) is 0 Å². The fourth-order valence-electron chi connectivity index (χ4n) is 2.30. The van der Waals surface area contributed by atoms with Gasteiger partial charge in [-0.1, -0.05) is 43.7 Å². The second-order valence-corrected chi connectivity index (χ2v) is 4.99. The summed E-state index contributed by atoms with van der Waals surface area (Å²) in [4.78, 5) is 0. The fraction of sp³-hybridized carbons (Fsp3) is 0.438. The molecule has 3 heteroatoms. The summed E-state index contributed by atoms with van der Waals surface area (Å²) in [5, 5.41) is 7.94. The number of rotatable bonds is 7. The summed E-state index contributed by atoms with van der Waals surface area (Å²) in [5.74, 6) is 0. The zero-order valence-electron chi connectivity index (χ0n) is 11.8. The van der Waals surface area contributed by atoms with Crippen molar-refractivity contribution >= 4 is 0 Å². The lowest BCUT2D eigenvalue weighted by atomic mass is 10.0. The number of hydrogen-bond donors (Lipinski definition) is 1. The van der Waals surface area contributed by atoms with Gasteiger partial charge in [0.2, 0.25) is 0 Å². The summed E-state index contributed by atoms with van der Waals surface area (Å²) < 4.78 is 2.00. The number of benzene rings is 1. The minimum absolute atomic E-state index is 0.447. The van der Waals surface area contributed by atoms with Crippen LogP contribution in [0.4, 0.5) is 0 Å². The average Bonchev–Trinajstić information content (AvgIpc) is 2.84. The Morgan fingerprint density at radius 1 is 1.26 bits per heavy atom. The first-order valence-corrected chi connectivity index (χ1v) is 7.07. The third-order valence-corrected chi connectivity index (χ3v) is 3.27. The molecular formula is C16H23N3. The van der Waals surface area contributed by atoms with Gasteiger partial charge in [-0.2, -0.15) is 5.10 Å². The van der Waals surface area contributed by atoms with E-state index in [9.17, 15) is 0 Å². The molecule has 1 N–H and O–H groups in total. The molecule has 0 amide bonds. The molecule has 2 aromatic rings. The first-order valence-electron chi connectivity index (χ1n) is 7.07. The molecule has 1 aromatic carbocycles. The molecule has 0 bridgehead atoms. The Kier molecular flexibility index (Phi) is 5.16.